The minimum absolute atomic E-state index is 0.00732. The number of ether oxygens (including phenoxy) is 3. The Bertz CT molecular complexity index is 1010. The van der Waals surface area contributed by atoms with Crippen LogP contribution in [0.1, 0.15) is 18.4 Å². The molecular formula is C26H37NO5Si. The number of aldehydes is 1. The molecule has 7 heteroatoms. The fraction of sp³-hybridized carbons (Fsp3) is 0.538. The zero-order chi connectivity index (χ0) is 24.2. The molecule has 1 aliphatic heterocycles. The van der Waals surface area contributed by atoms with E-state index in [2.05, 4.69) is 44.4 Å². The van der Waals surface area contributed by atoms with Crippen molar-refractivity contribution in [2.75, 3.05) is 27.4 Å². The number of carbonyl (C=O) groups excluding carboxylic acids is 2. The summed E-state index contributed by atoms with van der Waals surface area (Å²) in [7, 11) is 2.02. The molecule has 1 saturated heterocycles. The van der Waals surface area contributed by atoms with E-state index >= 15 is 0 Å². The highest BCUT2D eigenvalue weighted by Crippen LogP contribution is 2.39. The molecule has 1 heterocycles. The van der Waals surface area contributed by atoms with E-state index in [-0.39, 0.29) is 5.92 Å². The predicted octanol–water partition coefficient (Wildman–Crippen LogP) is 3.14. The molecule has 180 valence electrons. The number of allylic oxidation sites excluding steroid dienone is 1. The minimum Gasteiger partial charge on any atom is -0.496 e. The van der Waals surface area contributed by atoms with Crippen molar-refractivity contribution in [3.8, 4) is 5.75 Å². The van der Waals surface area contributed by atoms with Crippen molar-refractivity contribution in [3.05, 3.63) is 40.8 Å². The number of nitrogens with zero attached hydrogens (tertiary/aromatic N) is 1. The van der Waals surface area contributed by atoms with E-state index in [1.165, 1.54) is 0 Å². The van der Waals surface area contributed by atoms with E-state index in [1.54, 1.807) is 19.1 Å². The summed E-state index contributed by atoms with van der Waals surface area (Å²) in [5.41, 5.74) is 0.427. The average Bonchev–Trinajstić information content (AvgIpc) is 3.19. The van der Waals surface area contributed by atoms with Crippen molar-refractivity contribution >= 4 is 32.6 Å². The number of fused-ring (bicyclic) bond motifs is 1. The molecule has 1 aromatic rings. The van der Waals surface area contributed by atoms with Gasteiger partial charge in [-0.3, -0.25) is 4.90 Å². The molecule has 0 saturated carbocycles. The normalized spacial score (nSPS) is 24.3. The van der Waals surface area contributed by atoms with Crippen molar-refractivity contribution in [2.45, 2.75) is 56.6 Å². The molecule has 1 aromatic carbocycles. The van der Waals surface area contributed by atoms with Crippen LogP contribution in [0.15, 0.2) is 24.8 Å². The predicted molar refractivity (Wildman–Crippen MR) is 134 cm³/mol. The third-order valence-electron chi connectivity index (χ3n) is 6.82. The van der Waals surface area contributed by atoms with Gasteiger partial charge in [0.2, 0.25) is 0 Å². The van der Waals surface area contributed by atoms with Gasteiger partial charge in [-0.2, -0.15) is 0 Å². The van der Waals surface area contributed by atoms with Gasteiger partial charge < -0.3 is 19.0 Å². The van der Waals surface area contributed by atoms with E-state index in [0.29, 0.717) is 26.0 Å². The maximum atomic E-state index is 12.9. The van der Waals surface area contributed by atoms with Crippen LogP contribution in [0.5, 0.6) is 5.75 Å². The molecule has 0 radical (unpaired) electrons. The van der Waals surface area contributed by atoms with Crippen LogP contribution in [0.4, 0.5) is 4.79 Å². The maximum Gasteiger partial charge on any atom is 0.410 e. The van der Waals surface area contributed by atoms with E-state index < -0.39 is 25.8 Å². The second kappa shape index (κ2) is 10.3. The standard InChI is InChI=1S/C26H37NO5Si/c1-7-8-22-23-15-20(11-9-19(23)10-12-24(22)30-2)26(31-3)16-21(17-28)27(18-26)25(29)32-13-14-33(4,5)6/h7,9-10,12,15,17,20-21H,1,8,11,13-14,16,18H2,2-6H3/t20?,21-,26-/m0/s1. The molecular weight excluding hydrogens is 434 g/mol. The first-order valence-corrected chi connectivity index (χ1v) is 15.3. The van der Waals surface area contributed by atoms with Crippen molar-refractivity contribution < 1.29 is 23.8 Å². The number of likely N-dealkylation sites (tertiary alicyclic amines) is 1. The summed E-state index contributed by atoms with van der Waals surface area (Å²) < 4.78 is 17.2. The highest BCUT2D eigenvalue weighted by Gasteiger charge is 2.50. The molecule has 1 amide bonds. The second-order valence-electron chi connectivity index (χ2n) is 10.2. The van der Waals surface area contributed by atoms with Gasteiger partial charge in [0.25, 0.3) is 0 Å². The molecule has 0 N–H and O–H groups in total. The van der Waals surface area contributed by atoms with Crippen LogP contribution in [-0.2, 0) is 20.7 Å². The van der Waals surface area contributed by atoms with Gasteiger partial charge in [0.05, 0.1) is 31.9 Å². The first-order valence-electron chi connectivity index (χ1n) is 11.6. The van der Waals surface area contributed by atoms with Gasteiger partial charge >= 0.3 is 6.09 Å². The van der Waals surface area contributed by atoms with Crippen LogP contribution < -0.4 is 15.2 Å². The zero-order valence-electron chi connectivity index (χ0n) is 20.6. The van der Waals surface area contributed by atoms with E-state index in [0.717, 1.165) is 40.5 Å². The van der Waals surface area contributed by atoms with Crippen LogP contribution in [0, 0.1) is 5.92 Å². The Kier molecular flexibility index (Phi) is 7.85. The van der Waals surface area contributed by atoms with Gasteiger partial charge in [0, 0.05) is 33.1 Å². The van der Waals surface area contributed by atoms with Crippen molar-refractivity contribution in [2.24, 2.45) is 5.92 Å². The van der Waals surface area contributed by atoms with Gasteiger partial charge in [-0.25, -0.2) is 4.79 Å². The van der Waals surface area contributed by atoms with Gasteiger partial charge in [0.1, 0.15) is 12.0 Å². The molecule has 0 spiro atoms. The summed E-state index contributed by atoms with van der Waals surface area (Å²) in [6.45, 7) is 11.3. The third kappa shape index (κ3) is 5.41. The lowest BCUT2D eigenvalue weighted by atomic mass is 9.79. The number of hydrogen-bond donors (Lipinski definition) is 0. The molecule has 1 aliphatic carbocycles. The smallest absolute Gasteiger partial charge is 0.410 e. The lowest BCUT2D eigenvalue weighted by Crippen LogP contribution is -2.46. The van der Waals surface area contributed by atoms with Crippen molar-refractivity contribution in [1.29, 1.82) is 0 Å². The summed E-state index contributed by atoms with van der Waals surface area (Å²) in [5.74, 6) is 0.836. The maximum absolute atomic E-state index is 12.9. The Morgan fingerprint density at radius 1 is 1.30 bits per heavy atom. The molecule has 1 unspecified atom stereocenters. The molecule has 33 heavy (non-hydrogen) atoms. The molecule has 0 bridgehead atoms. The molecule has 1 fully saturated rings. The Labute approximate surface area is 197 Å². The fourth-order valence-corrected chi connectivity index (χ4v) is 5.54. The highest BCUT2D eigenvalue weighted by molar-refractivity contribution is 6.76. The first kappa shape index (κ1) is 25.2. The summed E-state index contributed by atoms with van der Waals surface area (Å²) in [6, 6.07) is 4.39. The summed E-state index contributed by atoms with van der Waals surface area (Å²) in [6.07, 6.45) is 8.62. The second-order valence-corrected chi connectivity index (χ2v) is 15.8. The quantitative estimate of drug-likeness (QED) is 0.315. The summed E-state index contributed by atoms with van der Waals surface area (Å²) in [5, 5.41) is 2.27. The monoisotopic (exact) mass is 471 g/mol. The Balaban J connectivity index is 1.90. The summed E-state index contributed by atoms with van der Waals surface area (Å²) in [4.78, 5) is 26.3. The van der Waals surface area contributed by atoms with Crippen molar-refractivity contribution in [1.82, 2.24) is 4.90 Å². The largest absolute Gasteiger partial charge is 0.496 e. The first-order chi connectivity index (χ1) is 15.7. The SMILES string of the molecule is C=CCc1c(OC)ccc2c1=CC([C@]1(OC)C[C@@H](C=O)N(C(=O)OCC[Si](C)(C)C)C1)CC=2. The van der Waals surface area contributed by atoms with Crippen LogP contribution >= 0.6 is 0 Å². The molecule has 6 nitrogen and oxygen atoms in total. The zero-order valence-corrected chi connectivity index (χ0v) is 21.6. The van der Waals surface area contributed by atoms with Crippen LogP contribution in [0.2, 0.25) is 25.7 Å². The van der Waals surface area contributed by atoms with E-state index in [4.69, 9.17) is 14.2 Å². The van der Waals surface area contributed by atoms with E-state index in [1.807, 2.05) is 12.1 Å². The average molecular weight is 472 g/mol. The molecule has 3 rings (SSSR count). The Hall–Kier alpha value is -2.38. The number of hydrogen-bond acceptors (Lipinski definition) is 5. The van der Waals surface area contributed by atoms with Gasteiger partial charge in [0.15, 0.2) is 0 Å². The fourth-order valence-electron chi connectivity index (χ4n) is 4.82. The Morgan fingerprint density at radius 2 is 2.06 bits per heavy atom. The van der Waals surface area contributed by atoms with Crippen LogP contribution in [0.3, 0.4) is 0 Å². The molecule has 0 aromatic heterocycles. The molecule has 2 aliphatic rings. The van der Waals surface area contributed by atoms with E-state index in [9.17, 15) is 9.59 Å². The van der Waals surface area contributed by atoms with Crippen LogP contribution in [-0.4, -0.2) is 64.4 Å². The lowest BCUT2D eigenvalue weighted by molar-refractivity contribution is -0.111. The number of carbonyl (C=O) groups is 2. The Morgan fingerprint density at radius 3 is 2.67 bits per heavy atom. The van der Waals surface area contributed by atoms with Gasteiger partial charge in [-0.05, 0) is 35.4 Å². The van der Waals surface area contributed by atoms with Gasteiger partial charge in [-0.15, -0.1) is 6.58 Å². The number of amides is 1. The van der Waals surface area contributed by atoms with Crippen LogP contribution in [0.25, 0.3) is 12.2 Å². The lowest BCUT2D eigenvalue weighted by Gasteiger charge is -2.35. The molecule has 3 atom stereocenters. The minimum atomic E-state index is -1.32. The number of methoxy groups -OCH3 is 2. The van der Waals surface area contributed by atoms with Crippen molar-refractivity contribution in [3.63, 3.8) is 0 Å². The number of rotatable bonds is 9. The third-order valence-corrected chi connectivity index (χ3v) is 8.52. The number of benzene rings is 1. The summed E-state index contributed by atoms with van der Waals surface area (Å²) >= 11 is 0. The topological polar surface area (TPSA) is 65.1 Å². The van der Waals surface area contributed by atoms with Gasteiger partial charge in [-0.1, -0.05) is 43.9 Å². The highest BCUT2D eigenvalue weighted by atomic mass is 28.3.